The molecule has 1 N–H and O–H groups in total. The first-order valence-corrected chi connectivity index (χ1v) is 27.6. The maximum atomic E-state index is 18.1. The fourth-order valence-corrected chi connectivity index (χ4v) is 15.3. The van der Waals surface area contributed by atoms with Crippen LogP contribution < -0.4 is 10.4 Å². The molecule has 3 aliphatic rings. The summed E-state index contributed by atoms with van der Waals surface area (Å²) in [6, 6.07) is 60.3. The molecule has 0 aliphatic carbocycles. The molecule has 3 heterocycles. The third-order valence-electron chi connectivity index (χ3n) is 14.2. The summed E-state index contributed by atoms with van der Waals surface area (Å²) in [4.78, 5) is 0. The number of hydrogen-bond donors (Lipinski definition) is 1. The van der Waals surface area contributed by atoms with E-state index < -0.39 is 81.3 Å². The Morgan fingerprint density at radius 3 is 1.40 bits per heavy atom. The predicted octanol–water partition coefficient (Wildman–Crippen LogP) is 9.68. The Morgan fingerprint density at radius 1 is 0.521 bits per heavy atom. The molecule has 9 rings (SSSR count). The van der Waals surface area contributed by atoms with E-state index in [1.807, 2.05) is 158 Å². The molecule has 3 aliphatic heterocycles. The summed E-state index contributed by atoms with van der Waals surface area (Å²) in [6.45, 7) is 11.4. The van der Waals surface area contributed by atoms with Gasteiger partial charge in [0.15, 0.2) is 5.79 Å². The summed E-state index contributed by atoms with van der Waals surface area (Å²) in [5.74, 6) is -1.08. The molecule has 6 aromatic rings. The van der Waals surface area contributed by atoms with Gasteiger partial charge in [0.25, 0.3) is 8.32 Å². The van der Waals surface area contributed by atoms with Crippen LogP contribution in [-0.2, 0) is 68.7 Å². The molecule has 6 aromatic carbocycles. The normalized spacial score (nSPS) is 26.5. The van der Waals surface area contributed by atoms with Crippen LogP contribution in [0, 0.1) is 0 Å². The topological polar surface area (TPSA) is 103 Å². The third kappa shape index (κ3) is 12.8. The van der Waals surface area contributed by atoms with Crippen LogP contribution in [0.25, 0.3) is 0 Å². The van der Waals surface area contributed by atoms with Crippen molar-refractivity contribution in [3.8, 4) is 0 Å². The first-order valence-electron chi connectivity index (χ1n) is 25.7. The van der Waals surface area contributed by atoms with Gasteiger partial charge in [0.1, 0.15) is 61.1 Å². The Morgan fingerprint density at radius 2 is 0.932 bits per heavy atom. The molecule has 11 atom stereocenters. The zero-order valence-corrected chi connectivity index (χ0v) is 43.6. The Labute approximate surface area is 431 Å². The van der Waals surface area contributed by atoms with Gasteiger partial charge in [-0.2, -0.15) is 0 Å². The summed E-state index contributed by atoms with van der Waals surface area (Å²) < 4.78 is 79.5. The van der Waals surface area contributed by atoms with Crippen molar-refractivity contribution >= 4 is 18.7 Å². The predicted molar refractivity (Wildman–Crippen MR) is 281 cm³/mol. The van der Waals surface area contributed by atoms with Crippen molar-refractivity contribution in [3.05, 3.63) is 204 Å². The van der Waals surface area contributed by atoms with Crippen LogP contribution in [0.5, 0.6) is 0 Å². The van der Waals surface area contributed by atoms with E-state index in [1.54, 1.807) is 13.8 Å². The molecule has 0 saturated carbocycles. The Hall–Kier alpha value is -4.93. The first-order chi connectivity index (χ1) is 35.4. The highest BCUT2D eigenvalue weighted by Gasteiger charge is 2.59. The van der Waals surface area contributed by atoms with Gasteiger partial charge in [-0.05, 0) is 51.5 Å². The van der Waals surface area contributed by atoms with Gasteiger partial charge in [0, 0.05) is 6.42 Å². The number of hydrogen-bond acceptors (Lipinski definition) is 10. The molecule has 0 bridgehead atoms. The van der Waals surface area contributed by atoms with Crippen molar-refractivity contribution in [1.29, 1.82) is 0 Å². The molecular formula is C61H71FO10Si. The van der Waals surface area contributed by atoms with E-state index in [4.69, 9.17) is 42.3 Å². The van der Waals surface area contributed by atoms with Gasteiger partial charge in [-0.1, -0.05) is 203 Å². The molecule has 0 aromatic heterocycles. The van der Waals surface area contributed by atoms with E-state index in [-0.39, 0.29) is 44.5 Å². The van der Waals surface area contributed by atoms with Gasteiger partial charge in [0.05, 0.1) is 45.7 Å². The number of benzene rings is 6. The highest BCUT2D eigenvalue weighted by atomic mass is 28.4. The molecule has 3 saturated heterocycles. The first kappa shape index (κ1) is 52.9. The van der Waals surface area contributed by atoms with Crippen LogP contribution in [0.1, 0.15) is 63.3 Å². The summed E-state index contributed by atoms with van der Waals surface area (Å²) in [7, 11) is -3.08. The number of aliphatic hydroxyl groups is 1. The minimum atomic E-state index is -3.08. The highest BCUT2D eigenvalue weighted by Crippen LogP contribution is 2.43. The Bertz CT molecular complexity index is 2520. The van der Waals surface area contributed by atoms with Crippen LogP contribution in [-0.4, -0.2) is 99.6 Å². The third-order valence-corrected chi connectivity index (χ3v) is 19.2. The van der Waals surface area contributed by atoms with E-state index in [0.29, 0.717) is 6.61 Å². The second-order valence-electron chi connectivity index (χ2n) is 20.9. The molecular weight excluding hydrogens is 940 g/mol. The van der Waals surface area contributed by atoms with E-state index in [1.165, 1.54) is 0 Å². The molecule has 3 fully saturated rings. The maximum absolute atomic E-state index is 18.1. The van der Waals surface area contributed by atoms with Gasteiger partial charge in [0.2, 0.25) is 0 Å². The number of fused-ring (bicyclic) bond motifs is 1. The lowest BCUT2D eigenvalue weighted by Gasteiger charge is -2.48. The average Bonchev–Trinajstić information content (AvgIpc) is 3.75. The summed E-state index contributed by atoms with van der Waals surface area (Å²) in [5.41, 5.74) is 3.85. The summed E-state index contributed by atoms with van der Waals surface area (Å²) >= 11 is 0. The minimum Gasteiger partial charge on any atom is -0.405 e. The zero-order valence-electron chi connectivity index (χ0n) is 42.6. The van der Waals surface area contributed by atoms with Crippen molar-refractivity contribution in [2.45, 2.75) is 146 Å². The van der Waals surface area contributed by atoms with Gasteiger partial charge >= 0.3 is 0 Å². The SMILES string of the molecule is CC1(C)O[C@@H]2[C@@H](O)[C@H]([C@H](F)C[C@@H]3O[C@@H](COCc4ccccc4)[C@H](OCc4ccccc4)[C@@H](OCc4ccccc4)[C@H]3OCc3ccccc3)O[C@H](CO[Si](c3ccccc3)(c3ccccc3)C(C)(C)C)[C@@H]2O1. The molecule has 0 spiro atoms. The molecule has 386 valence electrons. The second-order valence-corrected chi connectivity index (χ2v) is 25.2. The standard InChI is InChI=1S/C61H71FO10Si/c1-60(2,3)73(47-32-20-10-21-33-47,48-34-22-11-23-35-48)68-42-52-57-58(72-61(4,5)71-57)53(63)54(70-52)49(62)36-50-55(65-38-44-26-14-7-15-27-44)59(67-40-46-30-18-9-19-31-46)56(66-39-45-28-16-8-17-29-45)51(69-50)41-64-37-43-24-12-6-13-25-43/h6-35,49-59,63H,36-42H2,1-5H3/t49-,50+,51+,52-,53+,54+,55+,56+,57+,58-,59+/m1/s1. The number of alkyl halides is 1. The van der Waals surface area contributed by atoms with E-state index in [9.17, 15) is 5.11 Å². The lowest BCUT2D eigenvalue weighted by atomic mass is 9.87. The van der Waals surface area contributed by atoms with E-state index in [2.05, 4.69) is 45.0 Å². The largest absolute Gasteiger partial charge is 0.405 e. The minimum absolute atomic E-state index is 0.0588. The second kappa shape index (κ2) is 24.2. The molecule has 73 heavy (non-hydrogen) atoms. The van der Waals surface area contributed by atoms with Crippen molar-refractivity contribution in [2.75, 3.05) is 13.2 Å². The Kier molecular flexibility index (Phi) is 17.5. The molecule has 0 amide bonds. The molecule has 10 nitrogen and oxygen atoms in total. The highest BCUT2D eigenvalue weighted by molar-refractivity contribution is 6.99. The van der Waals surface area contributed by atoms with Crippen LogP contribution in [0.15, 0.2) is 182 Å². The van der Waals surface area contributed by atoms with Gasteiger partial charge in [-0.25, -0.2) is 4.39 Å². The van der Waals surface area contributed by atoms with Gasteiger partial charge in [-0.3, -0.25) is 0 Å². The quantitative estimate of drug-likeness (QED) is 0.0702. The smallest absolute Gasteiger partial charge is 0.261 e. The fourth-order valence-electron chi connectivity index (χ4n) is 10.7. The van der Waals surface area contributed by atoms with E-state index in [0.717, 1.165) is 32.6 Å². The van der Waals surface area contributed by atoms with Crippen molar-refractivity contribution in [1.82, 2.24) is 0 Å². The van der Waals surface area contributed by atoms with Crippen LogP contribution >= 0.6 is 0 Å². The number of ether oxygens (including phenoxy) is 8. The van der Waals surface area contributed by atoms with Crippen LogP contribution in [0.4, 0.5) is 4.39 Å². The van der Waals surface area contributed by atoms with Crippen molar-refractivity contribution in [3.63, 3.8) is 0 Å². The van der Waals surface area contributed by atoms with Crippen LogP contribution in [0.3, 0.4) is 0 Å². The molecule has 0 radical (unpaired) electrons. The van der Waals surface area contributed by atoms with Crippen LogP contribution in [0.2, 0.25) is 5.04 Å². The van der Waals surface area contributed by atoms with Gasteiger partial charge in [-0.15, -0.1) is 0 Å². The Balaban J connectivity index is 1.04. The lowest BCUT2D eigenvalue weighted by molar-refractivity contribution is -0.279. The zero-order chi connectivity index (χ0) is 50.8. The molecule has 12 heteroatoms. The summed E-state index contributed by atoms with van der Waals surface area (Å²) in [6.07, 6.45) is -11.2. The summed E-state index contributed by atoms with van der Waals surface area (Å²) in [5, 5.41) is 14.1. The maximum Gasteiger partial charge on any atom is 0.261 e. The lowest BCUT2D eigenvalue weighted by Crippen LogP contribution is -2.68. The van der Waals surface area contributed by atoms with Crippen molar-refractivity contribution in [2.24, 2.45) is 0 Å². The van der Waals surface area contributed by atoms with Gasteiger partial charge < -0.3 is 47.4 Å². The number of aliphatic hydroxyl groups excluding tert-OH is 1. The molecule has 0 unspecified atom stereocenters. The number of rotatable bonds is 21. The van der Waals surface area contributed by atoms with E-state index >= 15 is 4.39 Å². The fraction of sp³-hybridized carbons (Fsp3) is 0.410. The number of halogens is 1. The average molecular weight is 1010 g/mol. The monoisotopic (exact) mass is 1010 g/mol. The van der Waals surface area contributed by atoms with Crippen molar-refractivity contribution < 1.29 is 51.8 Å².